The lowest BCUT2D eigenvalue weighted by Gasteiger charge is -2.57. The van der Waals surface area contributed by atoms with E-state index in [2.05, 4.69) is 0 Å². The molecule has 4 aliphatic rings. The largest absolute Gasteiger partial charge is 0.490 e. The van der Waals surface area contributed by atoms with Crippen LogP contribution in [0.4, 0.5) is 8.78 Å². The van der Waals surface area contributed by atoms with E-state index in [1.54, 1.807) is 6.07 Å². The maximum atomic E-state index is 14.9. The molecule has 5 rings (SSSR count). The van der Waals surface area contributed by atoms with Crippen LogP contribution in [0, 0.1) is 29.4 Å². The fourth-order valence-electron chi connectivity index (χ4n) is 5.90. The van der Waals surface area contributed by atoms with Gasteiger partial charge in [0.25, 0.3) is 0 Å². The number of carbonyl (C=O) groups is 1. The summed E-state index contributed by atoms with van der Waals surface area (Å²) in [7, 11) is 0. The van der Waals surface area contributed by atoms with Crippen LogP contribution in [0.1, 0.15) is 56.9 Å². The van der Waals surface area contributed by atoms with Gasteiger partial charge in [-0.05, 0) is 79.7 Å². The molecule has 0 amide bonds. The second kappa shape index (κ2) is 6.26. The zero-order valence-electron chi connectivity index (χ0n) is 14.3. The third-order valence-corrected chi connectivity index (χ3v) is 6.45. The van der Waals surface area contributed by atoms with Gasteiger partial charge in [-0.15, -0.1) is 0 Å². The minimum absolute atomic E-state index is 0.0462. The third kappa shape index (κ3) is 3.02. The standard InChI is InChI=1S/C20H24F2O3/c21-18-15(3-4-16(19(18)22)25-5-1-2-17(23)24)20-9-12-6-13(10-20)8-14(7-12)11-20/h3-4,12-14H,1-2,5-11H2,(H,23,24). The molecule has 4 saturated carbocycles. The average Bonchev–Trinajstić information content (AvgIpc) is 2.53. The SMILES string of the molecule is O=C(O)CCCOc1ccc(C23CC4CC(CC(C4)C2)C3)c(F)c1F. The van der Waals surface area contributed by atoms with Gasteiger partial charge in [0.15, 0.2) is 11.6 Å². The molecular weight excluding hydrogens is 326 g/mol. The zero-order chi connectivity index (χ0) is 17.6. The first-order valence-corrected chi connectivity index (χ1v) is 9.30. The van der Waals surface area contributed by atoms with Crippen LogP contribution < -0.4 is 4.74 Å². The van der Waals surface area contributed by atoms with Crippen molar-refractivity contribution >= 4 is 5.97 Å². The molecule has 4 bridgehead atoms. The van der Waals surface area contributed by atoms with Crippen LogP contribution in [-0.2, 0) is 10.2 Å². The van der Waals surface area contributed by atoms with Gasteiger partial charge in [0, 0.05) is 6.42 Å². The summed E-state index contributed by atoms with van der Waals surface area (Å²) in [5.74, 6) is -0.730. The number of hydrogen-bond donors (Lipinski definition) is 1. The van der Waals surface area contributed by atoms with E-state index in [4.69, 9.17) is 9.84 Å². The van der Waals surface area contributed by atoms with Crippen molar-refractivity contribution in [1.82, 2.24) is 0 Å². The molecule has 0 aliphatic heterocycles. The lowest BCUT2D eigenvalue weighted by atomic mass is 9.48. The van der Waals surface area contributed by atoms with Gasteiger partial charge in [0.05, 0.1) is 6.61 Å². The van der Waals surface area contributed by atoms with Crippen molar-refractivity contribution in [2.24, 2.45) is 17.8 Å². The Hall–Kier alpha value is -1.65. The predicted octanol–water partition coefficient (Wildman–Crippen LogP) is 4.68. The van der Waals surface area contributed by atoms with Crippen molar-refractivity contribution in [3.05, 3.63) is 29.3 Å². The first kappa shape index (κ1) is 16.8. The summed E-state index contributed by atoms with van der Waals surface area (Å²) in [5.41, 5.74) is 0.337. The summed E-state index contributed by atoms with van der Waals surface area (Å²) >= 11 is 0. The van der Waals surface area contributed by atoms with Crippen molar-refractivity contribution in [2.75, 3.05) is 6.61 Å². The number of benzene rings is 1. The van der Waals surface area contributed by atoms with Crippen LogP contribution >= 0.6 is 0 Å². The van der Waals surface area contributed by atoms with Crippen LogP contribution in [0.3, 0.4) is 0 Å². The summed E-state index contributed by atoms with van der Waals surface area (Å²) in [4.78, 5) is 10.5. The number of aliphatic carboxylic acids is 1. The fraction of sp³-hybridized carbons (Fsp3) is 0.650. The maximum Gasteiger partial charge on any atom is 0.303 e. The number of ether oxygens (including phenoxy) is 1. The number of hydrogen-bond acceptors (Lipinski definition) is 2. The molecule has 0 unspecified atom stereocenters. The van der Waals surface area contributed by atoms with E-state index in [1.807, 2.05) is 0 Å². The Morgan fingerprint density at radius 3 is 2.24 bits per heavy atom. The van der Waals surface area contributed by atoms with Gasteiger partial charge in [-0.3, -0.25) is 4.79 Å². The lowest BCUT2D eigenvalue weighted by Crippen LogP contribution is -2.49. The summed E-state index contributed by atoms with van der Waals surface area (Å²) in [6.45, 7) is 0.0688. The molecule has 0 radical (unpaired) electrons. The Kier molecular flexibility index (Phi) is 4.20. The first-order chi connectivity index (χ1) is 12.0. The Bertz CT molecular complexity index is 650. The normalized spacial score (nSPS) is 32.8. The highest BCUT2D eigenvalue weighted by Gasteiger charge is 2.52. The summed E-state index contributed by atoms with van der Waals surface area (Å²) in [5, 5.41) is 8.61. The molecule has 0 spiro atoms. The summed E-state index contributed by atoms with van der Waals surface area (Å²) in [6, 6.07) is 3.23. The summed E-state index contributed by atoms with van der Waals surface area (Å²) in [6.07, 6.45) is 6.94. The van der Waals surface area contributed by atoms with Crippen LogP contribution in [0.15, 0.2) is 12.1 Å². The first-order valence-electron chi connectivity index (χ1n) is 9.30. The summed E-state index contributed by atoms with van der Waals surface area (Å²) < 4.78 is 34.6. The number of carboxylic acids is 1. The fourth-order valence-corrected chi connectivity index (χ4v) is 5.90. The van der Waals surface area contributed by atoms with Gasteiger partial charge in [0.1, 0.15) is 0 Å². The molecule has 1 aromatic carbocycles. The van der Waals surface area contributed by atoms with E-state index < -0.39 is 17.6 Å². The Morgan fingerprint density at radius 2 is 1.68 bits per heavy atom. The number of rotatable bonds is 6. The van der Waals surface area contributed by atoms with Gasteiger partial charge >= 0.3 is 5.97 Å². The van der Waals surface area contributed by atoms with Gasteiger partial charge in [-0.2, -0.15) is 4.39 Å². The Morgan fingerprint density at radius 1 is 1.08 bits per heavy atom. The molecular formula is C20H24F2O3. The molecule has 0 saturated heterocycles. The molecule has 1 N–H and O–H groups in total. The molecule has 3 nitrogen and oxygen atoms in total. The second-order valence-electron chi connectivity index (χ2n) is 8.28. The van der Waals surface area contributed by atoms with Gasteiger partial charge in [0.2, 0.25) is 5.82 Å². The van der Waals surface area contributed by atoms with Crippen molar-refractivity contribution in [3.63, 3.8) is 0 Å². The molecule has 25 heavy (non-hydrogen) atoms. The Labute approximate surface area is 146 Å². The van der Waals surface area contributed by atoms with E-state index in [9.17, 15) is 13.6 Å². The molecule has 4 aliphatic carbocycles. The van der Waals surface area contributed by atoms with E-state index >= 15 is 0 Å². The highest BCUT2D eigenvalue weighted by atomic mass is 19.2. The predicted molar refractivity (Wildman–Crippen MR) is 88.6 cm³/mol. The van der Waals surface area contributed by atoms with Crippen LogP contribution in [0.25, 0.3) is 0 Å². The highest BCUT2D eigenvalue weighted by molar-refractivity contribution is 5.66. The Balaban J connectivity index is 1.53. The monoisotopic (exact) mass is 350 g/mol. The van der Waals surface area contributed by atoms with Crippen molar-refractivity contribution in [2.45, 2.75) is 56.8 Å². The molecule has 5 heteroatoms. The molecule has 0 heterocycles. The minimum Gasteiger partial charge on any atom is -0.490 e. The van der Waals surface area contributed by atoms with E-state index in [-0.39, 0.29) is 30.6 Å². The van der Waals surface area contributed by atoms with E-state index in [0.29, 0.717) is 23.3 Å². The quantitative estimate of drug-likeness (QED) is 0.758. The highest BCUT2D eigenvalue weighted by Crippen LogP contribution is 2.61. The van der Waals surface area contributed by atoms with Gasteiger partial charge in [-0.1, -0.05) is 6.07 Å². The smallest absolute Gasteiger partial charge is 0.303 e. The maximum absolute atomic E-state index is 14.9. The van der Waals surface area contributed by atoms with Gasteiger partial charge < -0.3 is 9.84 Å². The van der Waals surface area contributed by atoms with Crippen molar-refractivity contribution in [3.8, 4) is 5.75 Å². The van der Waals surface area contributed by atoms with E-state index in [1.165, 1.54) is 25.3 Å². The molecule has 4 fully saturated rings. The van der Waals surface area contributed by atoms with Crippen molar-refractivity contribution in [1.29, 1.82) is 0 Å². The molecule has 0 aromatic heterocycles. The average molecular weight is 350 g/mol. The topological polar surface area (TPSA) is 46.5 Å². The lowest BCUT2D eigenvalue weighted by molar-refractivity contribution is -0.137. The van der Waals surface area contributed by atoms with Crippen LogP contribution in [0.5, 0.6) is 5.75 Å². The van der Waals surface area contributed by atoms with Crippen molar-refractivity contribution < 1.29 is 23.4 Å². The number of halogens is 2. The third-order valence-electron chi connectivity index (χ3n) is 6.45. The van der Waals surface area contributed by atoms with E-state index in [0.717, 1.165) is 19.3 Å². The molecule has 136 valence electrons. The van der Waals surface area contributed by atoms with Crippen LogP contribution in [-0.4, -0.2) is 17.7 Å². The van der Waals surface area contributed by atoms with Gasteiger partial charge in [-0.25, -0.2) is 4.39 Å². The minimum atomic E-state index is -0.927. The molecule has 1 aromatic rings. The van der Waals surface area contributed by atoms with Crippen LogP contribution in [0.2, 0.25) is 0 Å². The number of carboxylic acid groups (broad SMARTS) is 1. The second-order valence-corrected chi connectivity index (χ2v) is 8.28. The zero-order valence-corrected chi connectivity index (χ0v) is 14.3. The molecule has 0 atom stereocenters.